The highest BCUT2D eigenvalue weighted by atomic mass is 79.9. The zero-order valence-corrected chi connectivity index (χ0v) is 16.3. The van der Waals surface area contributed by atoms with Crippen molar-refractivity contribution in [2.75, 3.05) is 0 Å². The Morgan fingerprint density at radius 2 is 1.37 bits per heavy atom. The number of fused-ring (bicyclic) bond motifs is 1. The molecule has 0 radical (unpaired) electrons. The monoisotopic (exact) mass is 419 g/mol. The molecule has 0 atom stereocenters. The van der Waals surface area contributed by atoms with E-state index >= 15 is 0 Å². The molecule has 0 aliphatic rings. The van der Waals surface area contributed by atoms with Crippen molar-refractivity contribution in [2.45, 2.75) is 6.54 Å². The van der Waals surface area contributed by atoms with Gasteiger partial charge in [-0.15, -0.1) is 0 Å². The van der Waals surface area contributed by atoms with Crippen LogP contribution in [-0.4, -0.2) is 17.2 Å². The van der Waals surface area contributed by atoms with Crippen LogP contribution in [0.25, 0.3) is 21.9 Å². The Kier molecular flexibility index (Phi) is 6.06. The lowest BCUT2D eigenvalue weighted by molar-refractivity contribution is -0.688. The van der Waals surface area contributed by atoms with Crippen LogP contribution in [0.2, 0.25) is 0 Å². The van der Waals surface area contributed by atoms with E-state index in [4.69, 9.17) is 0 Å². The fraction of sp³-hybridized carbons (Fsp3) is 0.0455. The molecule has 1 aromatic heterocycles. The first-order valence-electron chi connectivity index (χ1n) is 8.63. The maximum absolute atomic E-state index is 9.51. The van der Waals surface area contributed by atoms with Crippen molar-refractivity contribution in [3.8, 4) is 11.1 Å². The highest BCUT2D eigenvalue weighted by molar-refractivity contribution is 6.59. The van der Waals surface area contributed by atoms with Crippen molar-refractivity contribution in [1.82, 2.24) is 0 Å². The first kappa shape index (κ1) is 19.3. The molecule has 0 fully saturated rings. The second-order valence-electron chi connectivity index (χ2n) is 6.39. The van der Waals surface area contributed by atoms with Gasteiger partial charge in [-0.25, -0.2) is 4.57 Å². The van der Waals surface area contributed by atoms with E-state index < -0.39 is 7.12 Å². The molecule has 1 heterocycles. The Morgan fingerprint density at radius 1 is 0.704 bits per heavy atom. The van der Waals surface area contributed by atoms with Gasteiger partial charge in [0.2, 0.25) is 0 Å². The molecule has 3 aromatic carbocycles. The van der Waals surface area contributed by atoms with Crippen molar-refractivity contribution in [1.29, 1.82) is 0 Å². The summed E-state index contributed by atoms with van der Waals surface area (Å²) in [5, 5.41) is 21.5. The zero-order chi connectivity index (χ0) is 17.9. The molecule has 0 saturated carbocycles. The van der Waals surface area contributed by atoms with E-state index in [9.17, 15) is 10.0 Å². The molecule has 0 bridgehead atoms. The lowest BCUT2D eigenvalue weighted by Crippen LogP contribution is -3.00. The molecule has 5 heteroatoms. The fourth-order valence-corrected chi connectivity index (χ4v) is 3.25. The summed E-state index contributed by atoms with van der Waals surface area (Å²) in [6, 6.07) is 26.4. The van der Waals surface area contributed by atoms with Gasteiger partial charge in [0.1, 0.15) is 0 Å². The minimum absolute atomic E-state index is 0. The molecule has 2 N–H and O–H groups in total. The van der Waals surface area contributed by atoms with Gasteiger partial charge in [0, 0.05) is 17.7 Å². The summed E-state index contributed by atoms with van der Waals surface area (Å²) in [4.78, 5) is 0. The molecule has 0 aliphatic carbocycles. The molecule has 0 saturated heterocycles. The molecular weight excluding hydrogens is 401 g/mol. The predicted octanol–water partition coefficient (Wildman–Crippen LogP) is -0.474. The number of nitrogens with zero attached hydrogens (tertiary/aromatic N) is 1. The SMILES string of the molecule is OB(O)c1ccccc1C[n+]1ccc(-c2ccc3ccccc3c2)cc1.[Br-]. The van der Waals surface area contributed by atoms with E-state index in [0.717, 1.165) is 11.1 Å². The van der Waals surface area contributed by atoms with Gasteiger partial charge in [-0.1, -0.05) is 60.7 Å². The Labute approximate surface area is 169 Å². The summed E-state index contributed by atoms with van der Waals surface area (Å²) in [5.74, 6) is 0. The van der Waals surface area contributed by atoms with E-state index in [-0.39, 0.29) is 17.0 Å². The topological polar surface area (TPSA) is 44.3 Å². The average molecular weight is 420 g/mol. The van der Waals surface area contributed by atoms with Crippen molar-refractivity contribution in [3.63, 3.8) is 0 Å². The number of aromatic nitrogens is 1. The second kappa shape index (κ2) is 8.48. The third-order valence-corrected chi connectivity index (χ3v) is 4.66. The van der Waals surface area contributed by atoms with Crippen LogP contribution in [0.15, 0.2) is 91.3 Å². The van der Waals surface area contributed by atoms with Gasteiger partial charge in [0.25, 0.3) is 0 Å². The van der Waals surface area contributed by atoms with Crippen LogP contribution in [0, 0.1) is 0 Å². The van der Waals surface area contributed by atoms with Gasteiger partial charge in [0.05, 0.1) is 0 Å². The quantitative estimate of drug-likeness (QED) is 0.347. The van der Waals surface area contributed by atoms with Gasteiger partial charge in [-0.2, -0.15) is 0 Å². The number of hydrogen-bond acceptors (Lipinski definition) is 2. The summed E-state index contributed by atoms with van der Waals surface area (Å²) in [7, 11) is -1.45. The maximum Gasteiger partial charge on any atom is 0.488 e. The van der Waals surface area contributed by atoms with E-state index in [1.54, 1.807) is 6.07 Å². The predicted molar refractivity (Wildman–Crippen MR) is 105 cm³/mol. The van der Waals surface area contributed by atoms with E-state index in [1.165, 1.54) is 16.3 Å². The first-order chi connectivity index (χ1) is 12.7. The molecule has 0 unspecified atom stereocenters. The average Bonchev–Trinajstić information content (AvgIpc) is 2.68. The highest BCUT2D eigenvalue weighted by Gasteiger charge is 2.17. The van der Waals surface area contributed by atoms with Crippen molar-refractivity contribution < 1.29 is 31.6 Å². The van der Waals surface area contributed by atoms with Gasteiger partial charge >= 0.3 is 7.12 Å². The molecule has 3 nitrogen and oxygen atoms in total. The van der Waals surface area contributed by atoms with Crippen LogP contribution >= 0.6 is 0 Å². The number of halogens is 1. The molecule has 0 spiro atoms. The lowest BCUT2D eigenvalue weighted by Gasteiger charge is -2.07. The highest BCUT2D eigenvalue weighted by Crippen LogP contribution is 2.23. The summed E-state index contributed by atoms with van der Waals surface area (Å²) in [6.07, 6.45) is 4.04. The molecular formula is C22H19BBrNO2. The van der Waals surface area contributed by atoms with Crippen molar-refractivity contribution >= 4 is 23.4 Å². The molecule has 4 aromatic rings. The molecule has 134 valence electrons. The third kappa shape index (κ3) is 4.27. The second-order valence-corrected chi connectivity index (χ2v) is 6.39. The fourth-order valence-electron chi connectivity index (χ4n) is 3.25. The third-order valence-electron chi connectivity index (χ3n) is 4.66. The first-order valence-corrected chi connectivity index (χ1v) is 8.63. The standard InChI is InChI=1S/C22H19BNO2.BrH/c25-23(26)22-8-4-3-7-21(22)16-24-13-11-18(12-14-24)20-10-9-17-5-1-2-6-19(17)15-20;/h1-15,25-26H,16H2;1H/q+1;/p-1. The largest absolute Gasteiger partial charge is 1.00 e. The van der Waals surface area contributed by atoms with Gasteiger partial charge < -0.3 is 27.0 Å². The molecule has 0 amide bonds. The van der Waals surface area contributed by atoms with E-state index in [0.29, 0.717) is 12.0 Å². The van der Waals surface area contributed by atoms with Crippen LogP contribution in [-0.2, 0) is 6.54 Å². The number of pyridine rings is 1. The van der Waals surface area contributed by atoms with Crippen LogP contribution in [0.5, 0.6) is 0 Å². The summed E-state index contributed by atoms with van der Waals surface area (Å²) < 4.78 is 2.03. The van der Waals surface area contributed by atoms with Crippen LogP contribution < -0.4 is 27.0 Å². The molecule has 4 rings (SSSR count). The van der Waals surface area contributed by atoms with Gasteiger partial charge in [-0.3, -0.25) is 0 Å². The Hall–Kier alpha value is -2.47. The van der Waals surface area contributed by atoms with Gasteiger partial charge in [0.15, 0.2) is 18.9 Å². The van der Waals surface area contributed by atoms with Crippen LogP contribution in [0.3, 0.4) is 0 Å². The molecule has 0 aliphatic heterocycles. The van der Waals surface area contributed by atoms with Crippen LogP contribution in [0.1, 0.15) is 5.56 Å². The zero-order valence-electron chi connectivity index (χ0n) is 14.7. The van der Waals surface area contributed by atoms with Crippen LogP contribution in [0.4, 0.5) is 0 Å². The smallest absolute Gasteiger partial charge is 0.488 e. The summed E-state index contributed by atoms with van der Waals surface area (Å²) in [5.41, 5.74) is 3.77. The Balaban J connectivity index is 0.00000210. The summed E-state index contributed by atoms with van der Waals surface area (Å²) in [6.45, 7) is 0.589. The number of benzene rings is 3. The summed E-state index contributed by atoms with van der Waals surface area (Å²) >= 11 is 0. The maximum atomic E-state index is 9.51. The van der Waals surface area contributed by atoms with E-state index in [2.05, 4.69) is 54.6 Å². The number of hydrogen-bond donors (Lipinski definition) is 2. The minimum atomic E-state index is -1.45. The van der Waals surface area contributed by atoms with Gasteiger partial charge in [-0.05, 0) is 33.4 Å². The molecule has 27 heavy (non-hydrogen) atoms. The number of rotatable bonds is 4. The van der Waals surface area contributed by atoms with E-state index in [1.807, 2.05) is 35.2 Å². The Morgan fingerprint density at radius 3 is 2.11 bits per heavy atom. The minimum Gasteiger partial charge on any atom is -1.00 e. The van der Waals surface area contributed by atoms with Crippen molar-refractivity contribution in [2.24, 2.45) is 0 Å². The Bertz CT molecular complexity index is 1050. The van der Waals surface area contributed by atoms with Crippen molar-refractivity contribution in [3.05, 3.63) is 96.8 Å². The normalized spacial score (nSPS) is 10.4. The lowest BCUT2D eigenvalue weighted by atomic mass is 9.77.